The molecule has 0 saturated carbocycles. The van der Waals surface area contributed by atoms with Crippen LogP contribution in [0.15, 0.2) is 24.3 Å². The van der Waals surface area contributed by atoms with Gasteiger partial charge >= 0.3 is 0 Å². The summed E-state index contributed by atoms with van der Waals surface area (Å²) in [6.07, 6.45) is 2.70. The van der Waals surface area contributed by atoms with Crippen LogP contribution in [0.4, 0.5) is 10.1 Å². The monoisotopic (exact) mass is 254 g/mol. The van der Waals surface area contributed by atoms with Gasteiger partial charge < -0.3 is 10.6 Å². The molecule has 1 rings (SSSR count). The van der Waals surface area contributed by atoms with Gasteiger partial charge in [0.2, 0.25) is 0 Å². The lowest BCUT2D eigenvalue weighted by Crippen LogP contribution is -2.25. The number of nitrogens with two attached hydrogens (primary N) is 1. The van der Waals surface area contributed by atoms with Gasteiger partial charge in [0.25, 0.3) is 0 Å². The third kappa shape index (κ3) is 4.69. The van der Waals surface area contributed by atoms with Crippen LogP contribution in [0, 0.1) is 5.82 Å². The van der Waals surface area contributed by atoms with Gasteiger partial charge in [-0.25, -0.2) is 4.39 Å². The van der Waals surface area contributed by atoms with Gasteiger partial charge in [0.1, 0.15) is 5.82 Å². The van der Waals surface area contributed by atoms with Gasteiger partial charge in [-0.2, -0.15) is 0 Å². The first-order chi connectivity index (χ1) is 8.15. The van der Waals surface area contributed by atoms with Gasteiger partial charge in [-0.05, 0) is 38.3 Å². The third-order valence-corrected chi connectivity index (χ3v) is 2.88. The second-order valence-electron chi connectivity index (χ2n) is 3.95. The molecule has 4 heteroatoms. The highest BCUT2D eigenvalue weighted by Crippen LogP contribution is 2.18. The van der Waals surface area contributed by atoms with Gasteiger partial charge in [0, 0.05) is 13.1 Å². The fraction of sp³-hybridized carbons (Fsp3) is 0.462. The lowest BCUT2D eigenvalue weighted by atomic mass is 10.2. The van der Waals surface area contributed by atoms with Gasteiger partial charge in [0.05, 0.1) is 10.7 Å². The molecule has 0 amide bonds. The number of nitrogens with zero attached hydrogens (tertiary/aromatic N) is 1. The molecule has 0 atom stereocenters. The van der Waals surface area contributed by atoms with Crippen LogP contribution >= 0.6 is 12.2 Å². The number of rotatable bonds is 7. The molecule has 2 nitrogen and oxygen atoms in total. The summed E-state index contributed by atoms with van der Waals surface area (Å²) < 4.78 is 13.6. The van der Waals surface area contributed by atoms with E-state index in [0.29, 0.717) is 10.7 Å². The Kier molecular flexibility index (Phi) is 5.91. The minimum absolute atomic E-state index is 0.163. The zero-order chi connectivity index (χ0) is 12.7. The number of thiocarbonyl (C=S) groups is 1. The Balaban J connectivity index is 2.49. The van der Waals surface area contributed by atoms with Crippen molar-refractivity contribution in [3.8, 4) is 0 Å². The van der Waals surface area contributed by atoms with Gasteiger partial charge in [-0.1, -0.05) is 24.4 Å². The first-order valence-corrected chi connectivity index (χ1v) is 6.33. The van der Waals surface area contributed by atoms with Crippen LogP contribution in [0.5, 0.6) is 0 Å². The SMILES string of the molecule is CCN(CCCCC(N)=S)c1ccccc1F. The fourth-order valence-corrected chi connectivity index (χ4v) is 1.90. The van der Waals surface area contributed by atoms with E-state index in [0.717, 1.165) is 32.4 Å². The standard InChI is InChI=1S/C13H19FN2S/c1-2-16(10-6-5-9-13(15)17)12-8-4-3-7-11(12)14/h3-4,7-8H,2,5-6,9-10H2,1H3,(H2,15,17). The maximum atomic E-state index is 13.6. The zero-order valence-corrected chi connectivity index (χ0v) is 11.0. The van der Waals surface area contributed by atoms with Gasteiger partial charge in [0.15, 0.2) is 0 Å². The second kappa shape index (κ2) is 7.22. The summed E-state index contributed by atoms with van der Waals surface area (Å²) in [5, 5.41) is 0. The Bertz CT molecular complexity index is 368. The molecule has 0 unspecified atom stereocenters. The van der Waals surface area contributed by atoms with Crippen molar-refractivity contribution in [3.63, 3.8) is 0 Å². The third-order valence-electron chi connectivity index (χ3n) is 2.68. The van der Waals surface area contributed by atoms with Gasteiger partial charge in [-0.15, -0.1) is 0 Å². The van der Waals surface area contributed by atoms with E-state index in [2.05, 4.69) is 0 Å². The number of unbranched alkanes of at least 4 members (excludes halogenated alkanes) is 1. The lowest BCUT2D eigenvalue weighted by Gasteiger charge is -2.23. The molecule has 94 valence electrons. The Labute approximate surface area is 108 Å². The average Bonchev–Trinajstić information content (AvgIpc) is 2.30. The molecular weight excluding hydrogens is 235 g/mol. The highest BCUT2D eigenvalue weighted by atomic mass is 32.1. The fourth-order valence-electron chi connectivity index (χ4n) is 1.76. The molecule has 1 aromatic carbocycles. The molecule has 0 heterocycles. The van der Waals surface area contributed by atoms with Crippen molar-refractivity contribution < 1.29 is 4.39 Å². The molecule has 0 aliphatic rings. The van der Waals surface area contributed by atoms with Crippen molar-refractivity contribution in [1.29, 1.82) is 0 Å². The summed E-state index contributed by atoms with van der Waals surface area (Å²) in [4.78, 5) is 2.59. The molecule has 0 spiro atoms. The van der Waals surface area contributed by atoms with E-state index in [1.807, 2.05) is 24.0 Å². The summed E-state index contributed by atoms with van der Waals surface area (Å²) in [5.41, 5.74) is 6.11. The topological polar surface area (TPSA) is 29.3 Å². The summed E-state index contributed by atoms with van der Waals surface area (Å²) in [6.45, 7) is 3.66. The highest BCUT2D eigenvalue weighted by Gasteiger charge is 2.08. The highest BCUT2D eigenvalue weighted by molar-refractivity contribution is 7.80. The molecule has 17 heavy (non-hydrogen) atoms. The number of halogens is 1. The van der Waals surface area contributed by atoms with E-state index in [1.54, 1.807) is 6.07 Å². The predicted octanol–water partition coefficient (Wildman–Crippen LogP) is 3.11. The molecule has 0 aliphatic carbocycles. The number of benzene rings is 1. The maximum absolute atomic E-state index is 13.6. The lowest BCUT2D eigenvalue weighted by molar-refractivity contribution is 0.613. The Hall–Kier alpha value is -1.16. The van der Waals surface area contributed by atoms with E-state index in [9.17, 15) is 4.39 Å². The maximum Gasteiger partial charge on any atom is 0.146 e. The van der Waals surface area contributed by atoms with Crippen LogP contribution in [-0.4, -0.2) is 18.1 Å². The quantitative estimate of drug-likeness (QED) is 0.599. The van der Waals surface area contributed by atoms with E-state index in [1.165, 1.54) is 6.07 Å². The Morgan fingerprint density at radius 2 is 2.06 bits per heavy atom. The van der Waals surface area contributed by atoms with E-state index < -0.39 is 0 Å². The number of hydrogen-bond acceptors (Lipinski definition) is 2. The van der Waals surface area contributed by atoms with Crippen molar-refractivity contribution in [2.75, 3.05) is 18.0 Å². The summed E-state index contributed by atoms with van der Waals surface area (Å²) in [7, 11) is 0. The first kappa shape index (κ1) is 13.9. The average molecular weight is 254 g/mol. The molecule has 0 aromatic heterocycles. The van der Waals surface area contributed by atoms with Crippen LogP contribution in [0.3, 0.4) is 0 Å². The molecule has 1 aromatic rings. The minimum atomic E-state index is -0.163. The Morgan fingerprint density at radius 3 is 2.65 bits per heavy atom. The van der Waals surface area contributed by atoms with Crippen molar-refractivity contribution in [2.45, 2.75) is 26.2 Å². The molecule has 2 N–H and O–H groups in total. The van der Waals surface area contributed by atoms with E-state index in [-0.39, 0.29) is 5.82 Å². The zero-order valence-electron chi connectivity index (χ0n) is 10.2. The smallest absolute Gasteiger partial charge is 0.146 e. The molecular formula is C13H19FN2S. The van der Waals surface area contributed by atoms with Gasteiger partial charge in [-0.3, -0.25) is 0 Å². The molecule has 0 aliphatic heterocycles. The first-order valence-electron chi connectivity index (χ1n) is 5.93. The van der Waals surface area contributed by atoms with E-state index in [4.69, 9.17) is 18.0 Å². The summed E-state index contributed by atoms with van der Waals surface area (Å²) >= 11 is 4.82. The Morgan fingerprint density at radius 1 is 1.35 bits per heavy atom. The van der Waals surface area contributed by atoms with E-state index >= 15 is 0 Å². The molecule has 0 bridgehead atoms. The summed E-state index contributed by atoms with van der Waals surface area (Å²) in [5.74, 6) is -0.163. The minimum Gasteiger partial charge on any atom is -0.393 e. The normalized spacial score (nSPS) is 10.2. The van der Waals surface area contributed by atoms with Crippen LogP contribution in [0.2, 0.25) is 0 Å². The van der Waals surface area contributed by atoms with Crippen molar-refractivity contribution in [2.24, 2.45) is 5.73 Å². The number of anilines is 1. The van der Waals surface area contributed by atoms with Crippen LogP contribution in [-0.2, 0) is 0 Å². The van der Waals surface area contributed by atoms with Crippen LogP contribution in [0.1, 0.15) is 26.2 Å². The van der Waals surface area contributed by atoms with Crippen molar-refractivity contribution >= 4 is 22.9 Å². The van der Waals surface area contributed by atoms with Crippen molar-refractivity contribution in [1.82, 2.24) is 0 Å². The van der Waals surface area contributed by atoms with Crippen LogP contribution in [0.25, 0.3) is 0 Å². The van der Waals surface area contributed by atoms with Crippen molar-refractivity contribution in [3.05, 3.63) is 30.1 Å². The second-order valence-corrected chi connectivity index (χ2v) is 4.48. The molecule has 0 saturated heterocycles. The number of hydrogen-bond donors (Lipinski definition) is 1. The molecule has 0 fully saturated rings. The number of para-hydroxylation sites is 1. The predicted molar refractivity (Wildman–Crippen MR) is 74.9 cm³/mol. The summed E-state index contributed by atoms with van der Waals surface area (Å²) in [6, 6.07) is 6.87. The largest absolute Gasteiger partial charge is 0.393 e. The van der Waals surface area contributed by atoms with Crippen LogP contribution < -0.4 is 10.6 Å². The molecule has 0 radical (unpaired) electrons.